The lowest BCUT2D eigenvalue weighted by molar-refractivity contribution is -0.130. The summed E-state index contributed by atoms with van der Waals surface area (Å²) in [6.07, 6.45) is 0.723. The fourth-order valence-electron chi connectivity index (χ4n) is 3.23. The molecule has 1 heterocycles. The number of fused-ring (bicyclic) bond motifs is 1. The third-order valence-electron chi connectivity index (χ3n) is 4.82. The van der Waals surface area contributed by atoms with Crippen molar-refractivity contribution in [3.63, 3.8) is 0 Å². The summed E-state index contributed by atoms with van der Waals surface area (Å²) in [6, 6.07) is 14.1. The van der Waals surface area contributed by atoms with Gasteiger partial charge in [0.25, 0.3) is 0 Å². The van der Waals surface area contributed by atoms with Gasteiger partial charge in [0.15, 0.2) is 5.96 Å². The normalized spacial score (nSPS) is 14.2. The summed E-state index contributed by atoms with van der Waals surface area (Å²) in [5, 5.41) is 6.20. The number of hydrogen-bond acceptors (Lipinski definition) is 3. The highest BCUT2D eigenvalue weighted by Gasteiger charge is 2.20. The average molecular weight is 526 g/mol. The summed E-state index contributed by atoms with van der Waals surface area (Å²) in [6.45, 7) is 3.94. The molecular formula is C22H28FIN4O2. The molecule has 0 spiro atoms. The number of halogens is 2. The van der Waals surface area contributed by atoms with E-state index in [0.717, 1.165) is 13.0 Å². The predicted molar refractivity (Wildman–Crippen MR) is 127 cm³/mol. The molecule has 2 aromatic carbocycles. The lowest BCUT2D eigenvalue weighted by Crippen LogP contribution is -2.47. The molecular weight excluding hydrogens is 498 g/mol. The van der Waals surface area contributed by atoms with Crippen LogP contribution < -0.4 is 15.4 Å². The van der Waals surface area contributed by atoms with Crippen LogP contribution >= 0.6 is 24.0 Å². The maximum Gasteiger partial charge on any atom is 0.242 e. The van der Waals surface area contributed by atoms with Crippen molar-refractivity contribution in [1.82, 2.24) is 15.5 Å². The molecule has 30 heavy (non-hydrogen) atoms. The molecule has 2 aromatic rings. The van der Waals surface area contributed by atoms with Gasteiger partial charge in [0.05, 0.1) is 13.1 Å². The van der Waals surface area contributed by atoms with Gasteiger partial charge in [-0.25, -0.2) is 4.39 Å². The van der Waals surface area contributed by atoms with Crippen molar-refractivity contribution in [2.24, 2.45) is 4.99 Å². The molecule has 1 unspecified atom stereocenters. The zero-order valence-electron chi connectivity index (χ0n) is 17.2. The van der Waals surface area contributed by atoms with E-state index in [9.17, 15) is 9.18 Å². The lowest BCUT2D eigenvalue weighted by Gasteiger charge is -2.29. The van der Waals surface area contributed by atoms with E-state index in [-0.39, 0.29) is 48.3 Å². The van der Waals surface area contributed by atoms with Crippen LogP contribution in [-0.2, 0) is 17.8 Å². The summed E-state index contributed by atoms with van der Waals surface area (Å²) in [4.78, 5) is 18.6. The van der Waals surface area contributed by atoms with Crippen molar-refractivity contribution < 1.29 is 13.9 Å². The highest BCUT2D eigenvalue weighted by atomic mass is 127. The molecule has 6 nitrogen and oxygen atoms in total. The predicted octanol–water partition coefficient (Wildman–Crippen LogP) is 2.96. The van der Waals surface area contributed by atoms with Crippen molar-refractivity contribution in [3.05, 3.63) is 65.5 Å². The zero-order valence-corrected chi connectivity index (χ0v) is 19.6. The number of rotatable bonds is 6. The number of ether oxygens (including phenoxy) is 1. The van der Waals surface area contributed by atoms with E-state index < -0.39 is 0 Å². The Bertz CT molecular complexity index is 860. The number of amides is 1. The summed E-state index contributed by atoms with van der Waals surface area (Å²) < 4.78 is 18.7. The Morgan fingerprint density at radius 3 is 2.57 bits per heavy atom. The maximum absolute atomic E-state index is 13.0. The summed E-state index contributed by atoms with van der Waals surface area (Å²) >= 11 is 0. The Morgan fingerprint density at radius 2 is 1.87 bits per heavy atom. The van der Waals surface area contributed by atoms with Crippen LogP contribution in [0.15, 0.2) is 53.5 Å². The van der Waals surface area contributed by atoms with Gasteiger partial charge in [-0.05, 0) is 48.7 Å². The number of aliphatic imine (C=N–C) groups is 1. The third kappa shape index (κ3) is 6.86. The molecule has 0 aliphatic carbocycles. The van der Waals surface area contributed by atoms with Crippen molar-refractivity contribution in [2.75, 3.05) is 26.7 Å². The number of guanidine groups is 1. The Kier molecular flexibility index (Phi) is 9.35. The largest absolute Gasteiger partial charge is 0.489 e. The van der Waals surface area contributed by atoms with Crippen molar-refractivity contribution in [2.45, 2.75) is 26.0 Å². The standard InChI is InChI=1S/C22H27FN4O2.HI/c1-16(29-20-9-7-19(23)8-10-20)13-25-22(24-2)26-14-21(28)27-12-11-17-5-3-4-6-18(17)15-27;/h3-10,16H,11-15H2,1-2H3,(H2,24,25,26);1H. The van der Waals surface area contributed by atoms with E-state index in [1.54, 1.807) is 19.2 Å². The Morgan fingerprint density at radius 1 is 1.17 bits per heavy atom. The van der Waals surface area contributed by atoms with Gasteiger partial charge in [-0.3, -0.25) is 9.79 Å². The van der Waals surface area contributed by atoms with E-state index in [4.69, 9.17) is 4.74 Å². The minimum absolute atomic E-state index is 0. The molecule has 0 saturated carbocycles. The molecule has 0 aromatic heterocycles. The quantitative estimate of drug-likeness (QED) is 0.345. The second-order valence-corrected chi connectivity index (χ2v) is 7.02. The summed E-state index contributed by atoms with van der Waals surface area (Å²) in [5.41, 5.74) is 2.53. The third-order valence-corrected chi connectivity index (χ3v) is 4.82. The molecule has 2 N–H and O–H groups in total. The first-order valence-corrected chi connectivity index (χ1v) is 9.76. The van der Waals surface area contributed by atoms with Crippen LogP contribution in [0.3, 0.4) is 0 Å². The van der Waals surface area contributed by atoms with Gasteiger partial charge < -0.3 is 20.3 Å². The lowest BCUT2D eigenvalue weighted by atomic mass is 10.00. The number of nitrogens with one attached hydrogen (secondary N) is 2. The Hall–Kier alpha value is -2.36. The van der Waals surface area contributed by atoms with Gasteiger partial charge in [0.1, 0.15) is 17.7 Å². The summed E-state index contributed by atoms with van der Waals surface area (Å²) in [7, 11) is 1.66. The Balaban J connectivity index is 0.00000320. The van der Waals surface area contributed by atoms with Crippen LogP contribution in [0.2, 0.25) is 0 Å². The number of benzene rings is 2. The van der Waals surface area contributed by atoms with Crippen molar-refractivity contribution in [3.8, 4) is 5.75 Å². The number of carbonyl (C=O) groups is 1. The van der Waals surface area contributed by atoms with E-state index in [0.29, 0.717) is 24.8 Å². The zero-order chi connectivity index (χ0) is 20.6. The van der Waals surface area contributed by atoms with E-state index in [2.05, 4.69) is 27.8 Å². The molecule has 0 saturated heterocycles. The van der Waals surface area contributed by atoms with Gasteiger partial charge in [0, 0.05) is 20.1 Å². The Labute approximate surface area is 193 Å². The second kappa shape index (κ2) is 11.7. The molecule has 0 fully saturated rings. The SMILES string of the molecule is CN=C(NCC(=O)N1CCc2ccccc2C1)NCC(C)Oc1ccc(F)cc1.I. The van der Waals surface area contributed by atoms with Crippen molar-refractivity contribution >= 4 is 35.8 Å². The van der Waals surface area contributed by atoms with Crippen LogP contribution in [0.25, 0.3) is 0 Å². The number of carbonyl (C=O) groups excluding carboxylic acids is 1. The van der Waals surface area contributed by atoms with Crippen LogP contribution in [0.4, 0.5) is 4.39 Å². The van der Waals surface area contributed by atoms with Gasteiger partial charge in [-0.15, -0.1) is 24.0 Å². The second-order valence-electron chi connectivity index (χ2n) is 7.02. The van der Waals surface area contributed by atoms with Gasteiger partial charge in [-0.2, -0.15) is 0 Å². The van der Waals surface area contributed by atoms with E-state index in [1.807, 2.05) is 24.0 Å². The number of nitrogens with zero attached hydrogens (tertiary/aromatic N) is 2. The fourth-order valence-corrected chi connectivity index (χ4v) is 3.23. The van der Waals surface area contributed by atoms with Gasteiger partial charge in [0.2, 0.25) is 5.91 Å². The molecule has 3 rings (SSSR count). The molecule has 1 aliphatic rings. The first kappa shape index (κ1) is 23.9. The highest BCUT2D eigenvalue weighted by Crippen LogP contribution is 2.18. The van der Waals surface area contributed by atoms with Crippen molar-refractivity contribution in [1.29, 1.82) is 0 Å². The average Bonchev–Trinajstić information content (AvgIpc) is 2.75. The van der Waals surface area contributed by atoms with Crippen LogP contribution in [-0.4, -0.2) is 49.6 Å². The van der Waals surface area contributed by atoms with Crippen LogP contribution in [0.1, 0.15) is 18.1 Å². The molecule has 1 aliphatic heterocycles. The molecule has 0 bridgehead atoms. The topological polar surface area (TPSA) is 66.0 Å². The number of hydrogen-bond donors (Lipinski definition) is 2. The summed E-state index contributed by atoms with van der Waals surface area (Å²) in [5.74, 6) is 0.877. The molecule has 8 heteroatoms. The molecule has 1 amide bonds. The molecule has 162 valence electrons. The van der Waals surface area contributed by atoms with Crippen LogP contribution in [0, 0.1) is 5.82 Å². The minimum atomic E-state index is -0.297. The first-order valence-electron chi connectivity index (χ1n) is 9.76. The monoisotopic (exact) mass is 526 g/mol. The highest BCUT2D eigenvalue weighted by molar-refractivity contribution is 14.0. The van der Waals surface area contributed by atoms with Gasteiger partial charge >= 0.3 is 0 Å². The molecule has 0 radical (unpaired) electrons. The van der Waals surface area contributed by atoms with E-state index >= 15 is 0 Å². The van der Waals surface area contributed by atoms with Gasteiger partial charge in [-0.1, -0.05) is 24.3 Å². The minimum Gasteiger partial charge on any atom is -0.489 e. The smallest absolute Gasteiger partial charge is 0.242 e. The fraction of sp³-hybridized carbons (Fsp3) is 0.364. The van der Waals surface area contributed by atoms with Crippen LogP contribution in [0.5, 0.6) is 5.75 Å². The molecule has 1 atom stereocenters. The van der Waals surface area contributed by atoms with E-state index in [1.165, 1.54) is 23.3 Å². The maximum atomic E-state index is 13.0. The first-order chi connectivity index (χ1) is 14.0.